The maximum atomic E-state index is 3.60. The molecule has 1 heterocycles. The van der Waals surface area contributed by atoms with Crippen LogP contribution in [0.5, 0.6) is 0 Å². The van der Waals surface area contributed by atoms with E-state index in [4.69, 9.17) is 0 Å². The molecule has 1 aliphatic heterocycles. The van der Waals surface area contributed by atoms with E-state index in [0.717, 1.165) is 18.9 Å². The zero-order valence-electron chi connectivity index (χ0n) is 10.8. The molecule has 0 spiro atoms. The van der Waals surface area contributed by atoms with E-state index in [-0.39, 0.29) is 0 Å². The molecule has 0 radical (unpaired) electrons. The number of aryl methyl sites for hydroxylation is 1. The summed E-state index contributed by atoms with van der Waals surface area (Å²) in [6, 6.07) is 8.81. The molecule has 2 rings (SSSR count). The summed E-state index contributed by atoms with van der Waals surface area (Å²) in [5.41, 5.74) is 2.81. The molecule has 2 nitrogen and oxygen atoms in total. The molecule has 0 unspecified atom stereocenters. The molecule has 0 saturated carbocycles. The molecule has 0 amide bonds. The van der Waals surface area contributed by atoms with Gasteiger partial charge in [-0.3, -0.25) is 0 Å². The van der Waals surface area contributed by atoms with Crippen molar-refractivity contribution in [2.24, 2.45) is 5.92 Å². The minimum atomic E-state index is 0.883. The van der Waals surface area contributed by atoms with E-state index in [1.165, 1.54) is 43.6 Å². The van der Waals surface area contributed by atoms with Crippen molar-refractivity contribution in [1.82, 2.24) is 10.6 Å². The summed E-state index contributed by atoms with van der Waals surface area (Å²) in [7, 11) is 0. The molecular formula is C15H24N2. The predicted molar refractivity (Wildman–Crippen MR) is 73.3 cm³/mol. The molecule has 94 valence electrons. The van der Waals surface area contributed by atoms with E-state index in [0.29, 0.717) is 0 Å². The summed E-state index contributed by atoms with van der Waals surface area (Å²) in [4.78, 5) is 0. The fourth-order valence-electron chi connectivity index (χ4n) is 2.49. The highest BCUT2D eigenvalue weighted by atomic mass is 14.9. The summed E-state index contributed by atoms with van der Waals surface area (Å²) < 4.78 is 0. The van der Waals surface area contributed by atoms with E-state index < -0.39 is 0 Å². The van der Waals surface area contributed by atoms with Crippen LogP contribution in [0.25, 0.3) is 0 Å². The highest BCUT2D eigenvalue weighted by Crippen LogP contribution is 2.10. The quantitative estimate of drug-likeness (QED) is 0.760. The van der Waals surface area contributed by atoms with Crippen LogP contribution in [-0.2, 0) is 6.42 Å². The molecule has 0 bridgehead atoms. The maximum Gasteiger partial charge on any atom is -0.000823 e. The minimum Gasteiger partial charge on any atom is -0.317 e. The molecule has 1 fully saturated rings. The smallest absolute Gasteiger partial charge is 0.000823 e. The van der Waals surface area contributed by atoms with Crippen LogP contribution in [0.15, 0.2) is 24.3 Å². The van der Waals surface area contributed by atoms with Crippen LogP contribution in [0.1, 0.15) is 24.0 Å². The highest BCUT2D eigenvalue weighted by Gasteiger charge is 2.11. The third kappa shape index (κ3) is 4.49. The third-order valence-electron chi connectivity index (χ3n) is 3.56. The standard InChI is InChI=1S/C15H24N2/c1-13-3-2-4-14(11-13)5-10-17-12-15-6-8-16-9-7-15/h2-4,11,15-17H,5-10,12H2,1H3. The molecule has 0 aliphatic carbocycles. The normalized spacial score (nSPS) is 17.2. The van der Waals surface area contributed by atoms with Crippen molar-refractivity contribution < 1.29 is 0 Å². The van der Waals surface area contributed by atoms with Crippen molar-refractivity contribution in [2.45, 2.75) is 26.2 Å². The molecule has 17 heavy (non-hydrogen) atoms. The van der Waals surface area contributed by atoms with Gasteiger partial charge in [-0.1, -0.05) is 29.8 Å². The first-order valence-corrected chi connectivity index (χ1v) is 6.81. The average molecular weight is 232 g/mol. The zero-order chi connectivity index (χ0) is 11.9. The molecule has 1 aromatic carbocycles. The van der Waals surface area contributed by atoms with Gasteiger partial charge in [-0.25, -0.2) is 0 Å². The van der Waals surface area contributed by atoms with Gasteiger partial charge in [-0.2, -0.15) is 0 Å². The minimum absolute atomic E-state index is 0.883. The number of benzene rings is 1. The van der Waals surface area contributed by atoms with Crippen LogP contribution in [-0.4, -0.2) is 26.2 Å². The molecule has 1 aliphatic rings. The Labute approximate surface area is 105 Å². The number of nitrogens with one attached hydrogen (secondary N) is 2. The number of piperidine rings is 1. The third-order valence-corrected chi connectivity index (χ3v) is 3.56. The van der Waals surface area contributed by atoms with Crippen molar-refractivity contribution in [3.8, 4) is 0 Å². The molecule has 1 aromatic rings. The van der Waals surface area contributed by atoms with Crippen LogP contribution >= 0.6 is 0 Å². The van der Waals surface area contributed by atoms with Crippen molar-refractivity contribution in [3.05, 3.63) is 35.4 Å². The molecule has 2 N–H and O–H groups in total. The summed E-state index contributed by atoms with van der Waals surface area (Å²) in [5, 5.41) is 7.00. The Morgan fingerprint density at radius 3 is 2.88 bits per heavy atom. The van der Waals surface area contributed by atoms with Gasteiger partial charge in [0.15, 0.2) is 0 Å². The predicted octanol–water partition coefficient (Wildman–Crippen LogP) is 2.13. The first-order valence-electron chi connectivity index (χ1n) is 6.81. The maximum absolute atomic E-state index is 3.60. The Hall–Kier alpha value is -0.860. The molecular weight excluding hydrogens is 208 g/mol. The van der Waals surface area contributed by atoms with Gasteiger partial charge in [0.1, 0.15) is 0 Å². The van der Waals surface area contributed by atoms with E-state index in [9.17, 15) is 0 Å². The van der Waals surface area contributed by atoms with Crippen LogP contribution in [0.3, 0.4) is 0 Å². The van der Waals surface area contributed by atoms with Gasteiger partial charge in [0.25, 0.3) is 0 Å². The molecule has 2 heteroatoms. The lowest BCUT2D eigenvalue weighted by atomic mass is 9.98. The van der Waals surface area contributed by atoms with E-state index in [1.54, 1.807) is 0 Å². The summed E-state index contributed by atoms with van der Waals surface area (Å²) in [6.07, 6.45) is 3.81. The number of hydrogen-bond donors (Lipinski definition) is 2. The lowest BCUT2D eigenvalue weighted by molar-refractivity contribution is 0.358. The lowest BCUT2D eigenvalue weighted by Gasteiger charge is -2.22. The Bertz CT molecular complexity index is 329. The van der Waals surface area contributed by atoms with Gasteiger partial charge in [-0.15, -0.1) is 0 Å². The van der Waals surface area contributed by atoms with Crippen LogP contribution in [0.4, 0.5) is 0 Å². The molecule has 0 atom stereocenters. The van der Waals surface area contributed by atoms with Gasteiger partial charge in [0.2, 0.25) is 0 Å². The van der Waals surface area contributed by atoms with Crippen LogP contribution in [0.2, 0.25) is 0 Å². The monoisotopic (exact) mass is 232 g/mol. The second-order valence-electron chi connectivity index (χ2n) is 5.14. The average Bonchev–Trinajstić information content (AvgIpc) is 2.36. The van der Waals surface area contributed by atoms with Crippen molar-refractivity contribution in [3.63, 3.8) is 0 Å². The van der Waals surface area contributed by atoms with Gasteiger partial charge < -0.3 is 10.6 Å². The fourth-order valence-corrected chi connectivity index (χ4v) is 2.49. The number of hydrogen-bond acceptors (Lipinski definition) is 2. The SMILES string of the molecule is Cc1cccc(CCNCC2CCNCC2)c1. The largest absolute Gasteiger partial charge is 0.317 e. The topological polar surface area (TPSA) is 24.1 Å². The Morgan fingerprint density at radius 2 is 2.12 bits per heavy atom. The lowest BCUT2D eigenvalue weighted by Crippen LogP contribution is -2.34. The Morgan fingerprint density at radius 1 is 1.29 bits per heavy atom. The fraction of sp³-hybridized carbons (Fsp3) is 0.600. The first-order chi connectivity index (χ1) is 8.34. The van der Waals surface area contributed by atoms with Gasteiger partial charge >= 0.3 is 0 Å². The van der Waals surface area contributed by atoms with E-state index in [2.05, 4.69) is 41.8 Å². The first kappa shape index (κ1) is 12.6. The Kier molecular flexibility index (Phi) is 5.02. The second-order valence-corrected chi connectivity index (χ2v) is 5.14. The van der Waals surface area contributed by atoms with Gasteiger partial charge in [0.05, 0.1) is 0 Å². The van der Waals surface area contributed by atoms with Gasteiger partial charge in [0, 0.05) is 0 Å². The van der Waals surface area contributed by atoms with Crippen molar-refractivity contribution >= 4 is 0 Å². The van der Waals surface area contributed by atoms with E-state index in [1.807, 2.05) is 0 Å². The summed E-state index contributed by atoms with van der Waals surface area (Å²) in [5.74, 6) is 0.883. The number of rotatable bonds is 5. The highest BCUT2D eigenvalue weighted by molar-refractivity contribution is 5.22. The van der Waals surface area contributed by atoms with Crippen LogP contribution < -0.4 is 10.6 Å². The zero-order valence-corrected chi connectivity index (χ0v) is 10.8. The Balaban J connectivity index is 1.62. The van der Waals surface area contributed by atoms with Gasteiger partial charge in [-0.05, 0) is 63.8 Å². The van der Waals surface area contributed by atoms with Crippen molar-refractivity contribution in [2.75, 3.05) is 26.2 Å². The summed E-state index contributed by atoms with van der Waals surface area (Å²) in [6.45, 7) is 6.85. The van der Waals surface area contributed by atoms with E-state index >= 15 is 0 Å². The summed E-state index contributed by atoms with van der Waals surface area (Å²) >= 11 is 0. The van der Waals surface area contributed by atoms with Crippen molar-refractivity contribution in [1.29, 1.82) is 0 Å². The second kappa shape index (κ2) is 6.77. The van der Waals surface area contributed by atoms with Crippen LogP contribution in [0, 0.1) is 12.8 Å². The molecule has 0 aromatic heterocycles. The molecule has 1 saturated heterocycles.